The summed E-state index contributed by atoms with van der Waals surface area (Å²) < 4.78 is 100. The fourth-order valence-corrected chi connectivity index (χ4v) is 7.70. The van der Waals surface area contributed by atoms with Gasteiger partial charge in [-0.2, -0.15) is 29.8 Å². The molecular weight excluding hydrogens is 779 g/mol. The van der Waals surface area contributed by atoms with Crippen LogP contribution >= 0.6 is 0 Å². The lowest BCUT2D eigenvalue weighted by Crippen LogP contribution is -2.31. The number of carbonyl (C=O) groups is 3. The van der Waals surface area contributed by atoms with E-state index in [4.69, 9.17) is 9.39 Å². The first-order chi connectivity index (χ1) is 25.8. The van der Waals surface area contributed by atoms with Gasteiger partial charge in [-0.25, -0.2) is 4.79 Å². The molecule has 16 nitrogen and oxygen atoms in total. The van der Waals surface area contributed by atoms with Crippen molar-refractivity contribution < 1.29 is 62.7 Å². The molecule has 0 atom stereocenters. The van der Waals surface area contributed by atoms with Crippen LogP contribution in [-0.4, -0.2) is 89.3 Å². The first-order valence-electron chi connectivity index (χ1n) is 17.0. The molecule has 2 amide bonds. The van der Waals surface area contributed by atoms with E-state index in [1.165, 1.54) is 36.4 Å². The number of rotatable bonds is 16. The molecule has 2 aromatic carbocycles. The SMILES string of the molecule is C=C1C(/C=C/C=C/C=c2/[nH]c3ccc(S(=O)(=O)O)cc3/c2=C\CCCCC(=O)ON2C(=O)CCC2=O)=[N+](CCCCS(=O)(=O)O)c2ccc(S(=O)(=O)O)cc21. The summed E-state index contributed by atoms with van der Waals surface area (Å²) >= 11 is 0. The van der Waals surface area contributed by atoms with Crippen LogP contribution in [0.2, 0.25) is 0 Å². The van der Waals surface area contributed by atoms with Crippen LogP contribution in [0.15, 0.2) is 77.1 Å². The van der Waals surface area contributed by atoms with Crippen LogP contribution in [-0.2, 0) is 49.6 Å². The van der Waals surface area contributed by atoms with Crippen molar-refractivity contribution in [2.24, 2.45) is 0 Å². The Morgan fingerprint density at radius 1 is 0.873 bits per heavy atom. The zero-order chi connectivity index (χ0) is 40.1. The van der Waals surface area contributed by atoms with Crippen LogP contribution in [0.3, 0.4) is 0 Å². The molecule has 3 heterocycles. The Morgan fingerprint density at radius 2 is 1.55 bits per heavy atom. The lowest BCUT2D eigenvalue weighted by molar-refractivity contribution is -0.436. The number of fused-ring (bicyclic) bond motifs is 2. The summed E-state index contributed by atoms with van der Waals surface area (Å²) in [6.07, 6.45) is 12.2. The van der Waals surface area contributed by atoms with E-state index in [0.29, 0.717) is 81.3 Å². The van der Waals surface area contributed by atoms with Gasteiger partial charge in [0.2, 0.25) is 11.4 Å². The monoisotopic (exact) mass is 816 g/mol. The van der Waals surface area contributed by atoms with Gasteiger partial charge < -0.3 is 9.82 Å². The van der Waals surface area contributed by atoms with Crippen molar-refractivity contribution in [2.75, 3.05) is 12.3 Å². The normalized spacial score (nSPS) is 16.2. The molecule has 2 aliphatic heterocycles. The summed E-state index contributed by atoms with van der Waals surface area (Å²) in [5.74, 6) is -2.28. The molecule has 5 rings (SSSR count). The molecule has 2 aliphatic rings. The van der Waals surface area contributed by atoms with Gasteiger partial charge >= 0.3 is 5.97 Å². The van der Waals surface area contributed by atoms with Gasteiger partial charge in [-0.15, -0.1) is 5.06 Å². The summed E-state index contributed by atoms with van der Waals surface area (Å²) in [6, 6.07) is 8.19. The molecule has 1 aromatic heterocycles. The standard InChI is InChI=1S/C36H37N3O13S3/c1-24-28-22-26(55(49,50)51)15-17-33(28)38(20-8-9-21-53(43,44)45)32(24)12-6-3-5-11-30-27(29-23-25(54(46,47)48)14-16-31(29)37-30)10-4-2-7-13-36(42)52-39-34(40)18-19-35(39)41/h3,5-6,10-12,14-17,22-23H,1-2,4,7-9,13,18-21H2,(H3,43,44,45,46,47,48,49,50,51)/p+1/b27-10+. The maximum atomic E-state index is 12.2. The molecule has 0 spiro atoms. The van der Waals surface area contributed by atoms with E-state index in [1.54, 1.807) is 30.4 Å². The second kappa shape index (κ2) is 16.8. The lowest BCUT2D eigenvalue weighted by atomic mass is 10.0. The van der Waals surface area contributed by atoms with Crippen LogP contribution in [0.25, 0.3) is 28.6 Å². The van der Waals surface area contributed by atoms with Gasteiger partial charge in [0.1, 0.15) is 6.54 Å². The Labute approximate surface area is 316 Å². The van der Waals surface area contributed by atoms with Crippen molar-refractivity contribution in [1.29, 1.82) is 0 Å². The highest BCUT2D eigenvalue weighted by atomic mass is 32.2. The number of hydrogen-bond donors (Lipinski definition) is 4. The van der Waals surface area contributed by atoms with E-state index >= 15 is 0 Å². The molecule has 1 fully saturated rings. The van der Waals surface area contributed by atoms with Crippen molar-refractivity contribution in [3.8, 4) is 0 Å². The van der Waals surface area contributed by atoms with Crippen LogP contribution in [0.1, 0.15) is 56.9 Å². The van der Waals surface area contributed by atoms with Gasteiger partial charge in [0.15, 0.2) is 0 Å². The minimum Gasteiger partial charge on any atom is -0.355 e. The van der Waals surface area contributed by atoms with Gasteiger partial charge in [-0.05, 0) is 62.1 Å². The number of hydrogen-bond acceptors (Lipinski definition) is 10. The highest BCUT2D eigenvalue weighted by molar-refractivity contribution is 7.86. The quantitative estimate of drug-likeness (QED) is 0.0535. The number of amides is 2. The van der Waals surface area contributed by atoms with Crippen molar-refractivity contribution in [2.45, 2.75) is 61.2 Å². The van der Waals surface area contributed by atoms with Crippen LogP contribution < -0.4 is 10.6 Å². The van der Waals surface area contributed by atoms with E-state index in [-0.39, 0.29) is 35.5 Å². The minimum atomic E-state index is -4.50. The Kier molecular flexibility index (Phi) is 12.5. The topological polar surface area (TPSA) is 246 Å². The Bertz CT molecular complexity index is 2620. The number of nitrogens with one attached hydrogen (secondary N) is 1. The molecule has 0 bridgehead atoms. The first kappa shape index (κ1) is 41.1. The van der Waals surface area contributed by atoms with Gasteiger partial charge in [0.05, 0.1) is 26.7 Å². The second-order valence-corrected chi connectivity index (χ2v) is 17.1. The molecule has 4 N–H and O–H groups in total. The molecule has 0 radical (unpaired) electrons. The maximum absolute atomic E-state index is 12.2. The third kappa shape index (κ3) is 10.4. The maximum Gasteiger partial charge on any atom is 0.333 e. The summed E-state index contributed by atoms with van der Waals surface area (Å²) in [7, 11) is -13.2. The molecular formula is C36H38N3O13S3+. The fourth-order valence-electron chi connectivity index (χ4n) is 6.12. The fraction of sp³-hybridized carbons (Fsp3) is 0.278. The first-order valence-corrected chi connectivity index (χ1v) is 21.4. The number of benzene rings is 2. The molecule has 0 aliphatic carbocycles. The minimum absolute atomic E-state index is 0.00878. The smallest absolute Gasteiger partial charge is 0.333 e. The second-order valence-electron chi connectivity index (χ2n) is 12.7. The van der Waals surface area contributed by atoms with Gasteiger partial charge in [0.25, 0.3) is 42.2 Å². The molecule has 55 heavy (non-hydrogen) atoms. The van der Waals surface area contributed by atoms with Crippen LogP contribution in [0.5, 0.6) is 0 Å². The Balaban J connectivity index is 1.38. The number of unbranched alkanes of at least 4 members (excludes halogenated alkanes) is 3. The highest BCUT2D eigenvalue weighted by Crippen LogP contribution is 2.36. The van der Waals surface area contributed by atoms with E-state index in [2.05, 4.69) is 11.6 Å². The van der Waals surface area contributed by atoms with E-state index in [1.807, 2.05) is 10.7 Å². The largest absolute Gasteiger partial charge is 0.355 e. The summed E-state index contributed by atoms with van der Waals surface area (Å²) in [6.45, 7) is 4.41. The number of carbonyl (C=O) groups excluding carboxylic acids is 3. The van der Waals surface area contributed by atoms with E-state index in [0.717, 1.165) is 0 Å². The number of nitrogens with zero attached hydrogens (tertiary/aromatic N) is 2. The van der Waals surface area contributed by atoms with Gasteiger partial charge in [0, 0.05) is 59.3 Å². The average molecular weight is 817 g/mol. The Hall–Kier alpha value is -5.05. The molecule has 0 saturated carbocycles. The predicted molar refractivity (Wildman–Crippen MR) is 201 cm³/mol. The molecule has 292 valence electrons. The van der Waals surface area contributed by atoms with Crippen LogP contribution in [0.4, 0.5) is 5.69 Å². The molecule has 19 heteroatoms. The molecule has 0 unspecified atom stereocenters. The predicted octanol–water partition coefficient (Wildman–Crippen LogP) is 2.98. The average Bonchev–Trinajstić information content (AvgIpc) is 3.70. The zero-order valence-electron chi connectivity index (χ0n) is 29.2. The van der Waals surface area contributed by atoms with E-state index in [9.17, 15) is 48.7 Å². The van der Waals surface area contributed by atoms with Gasteiger partial charge in [-0.1, -0.05) is 30.9 Å². The number of hydroxylamine groups is 2. The number of aromatic nitrogens is 1. The van der Waals surface area contributed by atoms with Crippen molar-refractivity contribution >= 4 is 88.2 Å². The lowest BCUT2D eigenvalue weighted by Gasteiger charge is -2.12. The highest BCUT2D eigenvalue weighted by Gasteiger charge is 2.34. The molecule has 3 aromatic rings. The van der Waals surface area contributed by atoms with Crippen molar-refractivity contribution in [1.82, 2.24) is 10.0 Å². The summed E-state index contributed by atoms with van der Waals surface area (Å²) in [4.78, 5) is 43.1. The summed E-state index contributed by atoms with van der Waals surface area (Å²) in [5.41, 5.74) is 2.67. The summed E-state index contributed by atoms with van der Waals surface area (Å²) in [5, 5.41) is 2.24. The van der Waals surface area contributed by atoms with Gasteiger partial charge in [-0.3, -0.25) is 23.2 Å². The number of imide groups is 1. The van der Waals surface area contributed by atoms with Crippen LogP contribution in [0, 0.1) is 0 Å². The third-order valence-electron chi connectivity index (χ3n) is 8.78. The van der Waals surface area contributed by atoms with Crippen molar-refractivity contribution in [3.63, 3.8) is 0 Å². The number of aromatic amines is 1. The molecule has 1 saturated heterocycles. The Morgan fingerprint density at radius 3 is 2.22 bits per heavy atom. The third-order valence-corrected chi connectivity index (χ3v) is 11.3. The zero-order valence-corrected chi connectivity index (χ0v) is 31.7. The number of allylic oxidation sites excluding steroid dienone is 5. The number of H-pyrrole nitrogens is 1. The van der Waals surface area contributed by atoms with E-state index < -0.39 is 53.9 Å². The van der Waals surface area contributed by atoms with Crippen molar-refractivity contribution in [3.05, 3.63) is 83.4 Å².